The molecule has 1 aliphatic heterocycles. The normalized spacial score (nSPS) is 30.1. The van der Waals surface area contributed by atoms with Gasteiger partial charge in [0.15, 0.2) is 0 Å². The second-order valence-electron chi connectivity index (χ2n) is 2.40. The molecule has 0 saturated carbocycles. The fourth-order valence-corrected chi connectivity index (χ4v) is 1.82. The predicted octanol–water partition coefficient (Wildman–Crippen LogP) is -0.231. The Morgan fingerprint density at radius 2 is 2.42 bits per heavy atom. The number of nitrogens with one attached hydrogen (secondary N) is 1. The van der Waals surface area contributed by atoms with E-state index in [-0.39, 0.29) is 11.3 Å². The molecule has 0 aliphatic carbocycles. The molecule has 0 spiro atoms. The van der Waals surface area contributed by atoms with Crippen molar-refractivity contribution in [3.8, 4) is 0 Å². The third-order valence-electron chi connectivity index (χ3n) is 1.67. The summed E-state index contributed by atoms with van der Waals surface area (Å²) in [5, 5.41) is 1.16. The standard InChI is InChI=1S/C6H8ClNO3S/c1-11-6(10)3(7)2-4(9)8-5(2)12/h2-3,5,12H,1H3,(H,8,9)/t2-,3?,5+/m0/s1. The van der Waals surface area contributed by atoms with E-state index in [4.69, 9.17) is 11.6 Å². The van der Waals surface area contributed by atoms with Crippen molar-refractivity contribution in [3.05, 3.63) is 0 Å². The Labute approximate surface area is 80.0 Å². The summed E-state index contributed by atoms with van der Waals surface area (Å²) in [5.41, 5.74) is 0. The SMILES string of the molecule is COC(=O)C(Cl)[C@H]1C(=O)N[C@@H]1S. The zero-order valence-corrected chi connectivity index (χ0v) is 7.93. The van der Waals surface area contributed by atoms with Crippen LogP contribution in [0.2, 0.25) is 0 Å². The van der Waals surface area contributed by atoms with Gasteiger partial charge in [-0.05, 0) is 0 Å². The van der Waals surface area contributed by atoms with Gasteiger partial charge in [0, 0.05) is 0 Å². The summed E-state index contributed by atoms with van der Waals surface area (Å²) in [6, 6.07) is 0. The van der Waals surface area contributed by atoms with Gasteiger partial charge in [-0.1, -0.05) is 0 Å². The first-order valence-electron chi connectivity index (χ1n) is 3.28. The van der Waals surface area contributed by atoms with Gasteiger partial charge in [0.2, 0.25) is 5.91 Å². The fraction of sp³-hybridized carbons (Fsp3) is 0.667. The van der Waals surface area contributed by atoms with Gasteiger partial charge < -0.3 is 10.1 Å². The largest absolute Gasteiger partial charge is 0.468 e. The highest BCUT2D eigenvalue weighted by Crippen LogP contribution is 2.26. The summed E-state index contributed by atoms with van der Waals surface area (Å²) in [6.07, 6.45) is 0. The summed E-state index contributed by atoms with van der Waals surface area (Å²) in [5.74, 6) is -1.45. The predicted molar refractivity (Wildman–Crippen MR) is 46.1 cm³/mol. The van der Waals surface area contributed by atoms with Crippen LogP contribution in [0.5, 0.6) is 0 Å². The van der Waals surface area contributed by atoms with Crippen LogP contribution in [0.15, 0.2) is 0 Å². The van der Waals surface area contributed by atoms with E-state index < -0.39 is 17.3 Å². The number of halogens is 1. The molecule has 1 rings (SSSR count). The molecular weight excluding hydrogens is 202 g/mol. The van der Waals surface area contributed by atoms with Crippen molar-refractivity contribution in [1.29, 1.82) is 0 Å². The van der Waals surface area contributed by atoms with Crippen LogP contribution < -0.4 is 5.32 Å². The van der Waals surface area contributed by atoms with Crippen molar-refractivity contribution in [1.82, 2.24) is 5.32 Å². The zero-order chi connectivity index (χ0) is 9.30. The molecule has 1 unspecified atom stereocenters. The van der Waals surface area contributed by atoms with Crippen molar-refractivity contribution < 1.29 is 14.3 Å². The fourth-order valence-electron chi connectivity index (χ4n) is 0.931. The molecule has 1 saturated heterocycles. The summed E-state index contributed by atoms with van der Waals surface area (Å²) in [6.45, 7) is 0. The number of rotatable bonds is 2. The number of carbonyl (C=O) groups excluding carboxylic acids is 2. The number of esters is 1. The Morgan fingerprint density at radius 1 is 1.83 bits per heavy atom. The molecule has 1 heterocycles. The van der Waals surface area contributed by atoms with Crippen molar-refractivity contribution >= 4 is 36.1 Å². The molecule has 0 aromatic heterocycles. The summed E-state index contributed by atoms with van der Waals surface area (Å²) in [7, 11) is 1.22. The second-order valence-corrected chi connectivity index (χ2v) is 3.43. The van der Waals surface area contributed by atoms with E-state index in [0.717, 1.165) is 0 Å². The Hall–Kier alpha value is -0.420. The van der Waals surface area contributed by atoms with Gasteiger partial charge >= 0.3 is 5.97 Å². The van der Waals surface area contributed by atoms with Crippen LogP contribution in [-0.4, -0.2) is 29.7 Å². The van der Waals surface area contributed by atoms with Crippen molar-refractivity contribution in [2.75, 3.05) is 7.11 Å². The van der Waals surface area contributed by atoms with Gasteiger partial charge in [0.1, 0.15) is 5.38 Å². The minimum absolute atomic E-state index is 0.264. The van der Waals surface area contributed by atoms with Gasteiger partial charge in [-0.2, -0.15) is 12.6 Å². The molecule has 0 radical (unpaired) electrons. The maximum absolute atomic E-state index is 10.9. The first-order chi connectivity index (χ1) is 5.57. The molecule has 4 nitrogen and oxygen atoms in total. The maximum Gasteiger partial charge on any atom is 0.324 e. The first kappa shape index (κ1) is 9.67. The average Bonchev–Trinajstić information content (AvgIpc) is 2.02. The van der Waals surface area contributed by atoms with Crippen LogP contribution >= 0.6 is 24.2 Å². The highest BCUT2D eigenvalue weighted by molar-refractivity contribution is 7.81. The van der Waals surface area contributed by atoms with Gasteiger partial charge in [0.25, 0.3) is 0 Å². The first-order valence-corrected chi connectivity index (χ1v) is 4.23. The number of methoxy groups -OCH3 is 1. The number of β-lactam (4-membered cyclic amide) rings is 1. The number of amides is 1. The lowest BCUT2D eigenvalue weighted by Crippen LogP contribution is -2.60. The van der Waals surface area contributed by atoms with E-state index in [9.17, 15) is 9.59 Å². The topological polar surface area (TPSA) is 55.4 Å². The zero-order valence-electron chi connectivity index (χ0n) is 6.28. The summed E-state index contributed by atoms with van der Waals surface area (Å²) in [4.78, 5) is 21.7. The molecule has 0 bridgehead atoms. The van der Waals surface area contributed by atoms with E-state index in [1.54, 1.807) is 0 Å². The summed E-state index contributed by atoms with van der Waals surface area (Å²) < 4.78 is 4.38. The number of hydrogen-bond acceptors (Lipinski definition) is 4. The van der Waals surface area contributed by atoms with Gasteiger partial charge in [-0.3, -0.25) is 9.59 Å². The third kappa shape index (κ3) is 1.51. The van der Waals surface area contributed by atoms with Crippen molar-refractivity contribution in [2.45, 2.75) is 10.8 Å². The number of hydrogen-bond donors (Lipinski definition) is 2. The monoisotopic (exact) mass is 209 g/mol. The van der Waals surface area contributed by atoms with Crippen LogP contribution in [0.4, 0.5) is 0 Å². The van der Waals surface area contributed by atoms with E-state index in [2.05, 4.69) is 22.7 Å². The van der Waals surface area contributed by atoms with Gasteiger partial charge in [-0.15, -0.1) is 11.6 Å². The molecule has 1 aliphatic rings. The lowest BCUT2D eigenvalue weighted by atomic mass is 9.97. The minimum Gasteiger partial charge on any atom is -0.468 e. The second kappa shape index (κ2) is 3.53. The quantitative estimate of drug-likeness (QED) is 0.286. The highest BCUT2D eigenvalue weighted by Gasteiger charge is 2.45. The van der Waals surface area contributed by atoms with E-state index >= 15 is 0 Å². The Morgan fingerprint density at radius 3 is 2.75 bits per heavy atom. The molecule has 1 amide bonds. The summed E-state index contributed by atoms with van der Waals surface area (Å²) >= 11 is 9.63. The molecule has 1 fully saturated rings. The average molecular weight is 210 g/mol. The van der Waals surface area contributed by atoms with Crippen LogP contribution in [0, 0.1) is 5.92 Å². The third-order valence-corrected chi connectivity index (χ3v) is 2.57. The molecule has 12 heavy (non-hydrogen) atoms. The van der Waals surface area contributed by atoms with Crippen molar-refractivity contribution in [3.63, 3.8) is 0 Å². The minimum atomic E-state index is -0.939. The van der Waals surface area contributed by atoms with Gasteiger partial charge in [0.05, 0.1) is 18.4 Å². The highest BCUT2D eigenvalue weighted by atomic mass is 35.5. The molecular formula is C6H8ClNO3S. The molecule has 6 heteroatoms. The number of alkyl halides is 1. The Balaban J connectivity index is 2.57. The maximum atomic E-state index is 10.9. The van der Waals surface area contributed by atoms with Crippen LogP contribution in [0.25, 0.3) is 0 Å². The Bertz CT molecular complexity index is 223. The van der Waals surface area contributed by atoms with Crippen molar-refractivity contribution in [2.24, 2.45) is 5.92 Å². The Kier molecular flexibility index (Phi) is 2.85. The van der Waals surface area contributed by atoms with Gasteiger partial charge in [-0.25, -0.2) is 0 Å². The van der Waals surface area contributed by atoms with E-state index in [1.807, 2.05) is 0 Å². The van der Waals surface area contributed by atoms with Crippen LogP contribution in [-0.2, 0) is 14.3 Å². The molecule has 68 valence electrons. The number of carbonyl (C=O) groups is 2. The van der Waals surface area contributed by atoms with Crippen LogP contribution in [0.3, 0.4) is 0 Å². The number of ether oxygens (including phenoxy) is 1. The lowest BCUT2D eigenvalue weighted by Gasteiger charge is -2.34. The molecule has 0 aromatic rings. The molecule has 1 N–H and O–H groups in total. The van der Waals surface area contributed by atoms with E-state index in [0.29, 0.717) is 0 Å². The van der Waals surface area contributed by atoms with E-state index in [1.165, 1.54) is 7.11 Å². The lowest BCUT2D eigenvalue weighted by molar-refractivity contribution is -0.146. The number of thiol groups is 1. The molecule has 3 atom stereocenters. The molecule has 0 aromatic carbocycles. The van der Waals surface area contributed by atoms with Crippen LogP contribution in [0.1, 0.15) is 0 Å². The smallest absolute Gasteiger partial charge is 0.324 e.